The molecule has 0 aliphatic heterocycles. The molecule has 4 heteroatoms. The SMILES string of the molecule is Cc1cc(NC(=O)C2(c3ccccc3)CCCC2)cc(C)c1Oc1ccc(O)c(C(C)C)c1. The van der Waals surface area contributed by atoms with Gasteiger partial charge in [-0.1, -0.05) is 57.0 Å². The number of phenols is 1. The number of hydrogen-bond donors (Lipinski definition) is 2. The molecular weight excluding hydrogens is 410 g/mol. The van der Waals surface area contributed by atoms with Crippen LogP contribution >= 0.6 is 0 Å². The number of ether oxygens (including phenoxy) is 1. The average Bonchev–Trinajstić information content (AvgIpc) is 3.29. The first-order chi connectivity index (χ1) is 15.8. The smallest absolute Gasteiger partial charge is 0.235 e. The van der Waals surface area contributed by atoms with E-state index in [1.165, 1.54) is 0 Å². The van der Waals surface area contributed by atoms with Crippen LogP contribution in [0.5, 0.6) is 17.2 Å². The molecule has 0 radical (unpaired) electrons. The van der Waals surface area contributed by atoms with Crippen LogP contribution in [-0.2, 0) is 10.2 Å². The van der Waals surface area contributed by atoms with Gasteiger partial charge in [-0.2, -0.15) is 0 Å². The lowest BCUT2D eigenvalue weighted by molar-refractivity contribution is -0.121. The van der Waals surface area contributed by atoms with E-state index >= 15 is 0 Å². The first-order valence-corrected chi connectivity index (χ1v) is 11.8. The zero-order chi connectivity index (χ0) is 23.6. The molecule has 1 aliphatic rings. The summed E-state index contributed by atoms with van der Waals surface area (Å²) < 4.78 is 6.21. The maximum atomic E-state index is 13.5. The summed E-state index contributed by atoms with van der Waals surface area (Å²) in [6.45, 7) is 8.06. The molecule has 3 aromatic rings. The number of rotatable bonds is 6. The van der Waals surface area contributed by atoms with Gasteiger partial charge in [0.2, 0.25) is 5.91 Å². The van der Waals surface area contributed by atoms with Crippen molar-refractivity contribution in [3.8, 4) is 17.2 Å². The predicted octanol–water partition coefficient (Wildman–Crippen LogP) is 7.38. The number of nitrogens with one attached hydrogen (secondary N) is 1. The zero-order valence-corrected chi connectivity index (χ0v) is 19.9. The number of carbonyl (C=O) groups is 1. The maximum Gasteiger partial charge on any atom is 0.235 e. The van der Waals surface area contributed by atoms with Gasteiger partial charge < -0.3 is 15.2 Å². The lowest BCUT2D eigenvalue weighted by atomic mass is 9.78. The molecule has 0 heterocycles. The number of aromatic hydroxyl groups is 1. The minimum atomic E-state index is -0.461. The first kappa shape index (κ1) is 22.9. The van der Waals surface area contributed by atoms with E-state index in [4.69, 9.17) is 4.74 Å². The van der Waals surface area contributed by atoms with Crippen molar-refractivity contribution in [2.75, 3.05) is 5.32 Å². The summed E-state index contributed by atoms with van der Waals surface area (Å²) in [7, 11) is 0. The fourth-order valence-corrected chi connectivity index (χ4v) is 4.99. The van der Waals surface area contributed by atoms with Gasteiger partial charge in [0.1, 0.15) is 17.2 Å². The molecule has 1 fully saturated rings. The van der Waals surface area contributed by atoms with Crippen LogP contribution in [0.3, 0.4) is 0 Å². The number of phenolic OH excluding ortho intramolecular Hbond substituents is 1. The predicted molar refractivity (Wildman–Crippen MR) is 133 cm³/mol. The van der Waals surface area contributed by atoms with E-state index in [0.29, 0.717) is 5.75 Å². The van der Waals surface area contributed by atoms with Gasteiger partial charge >= 0.3 is 0 Å². The molecule has 1 aliphatic carbocycles. The molecule has 1 amide bonds. The van der Waals surface area contributed by atoms with Crippen molar-refractivity contribution in [3.63, 3.8) is 0 Å². The largest absolute Gasteiger partial charge is 0.508 e. The van der Waals surface area contributed by atoms with Gasteiger partial charge in [-0.15, -0.1) is 0 Å². The summed E-state index contributed by atoms with van der Waals surface area (Å²) in [5.74, 6) is 2.00. The summed E-state index contributed by atoms with van der Waals surface area (Å²) in [6.07, 6.45) is 3.89. The molecule has 172 valence electrons. The van der Waals surface area contributed by atoms with Crippen LogP contribution in [0, 0.1) is 13.8 Å². The highest BCUT2D eigenvalue weighted by molar-refractivity contribution is 5.99. The number of hydrogen-bond acceptors (Lipinski definition) is 3. The van der Waals surface area contributed by atoms with Crippen molar-refractivity contribution in [2.24, 2.45) is 0 Å². The van der Waals surface area contributed by atoms with E-state index in [9.17, 15) is 9.90 Å². The van der Waals surface area contributed by atoms with Gasteiger partial charge in [-0.3, -0.25) is 4.79 Å². The van der Waals surface area contributed by atoms with Crippen LogP contribution < -0.4 is 10.1 Å². The van der Waals surface area contributed by atoms with Gasteiger partial charge in [-0.05, 0) is 79.6 Å². The summed E-state index contributed by atoms with van der Waals surface area (Å²) in [5.41, 5.74) is 4.18. The topological polar surface area (TPSA) is 58.6 Å². The van der Waals surface area contributed by atoms with Crippen LogP contribution in [0.1, 0.15) is 67.7 Å². The fourth-order valence-electron chi connectivity index (χ4n) is 4.99. The lowest BCUT2D eigenvalue weighted by Gasteiger charge is -2.28. The average molecular weight is 444 g/mol. The third kappa shape index (κ3) is 4.61. The zero-order valence-electron chi connectivity index (χ0n) is 19.9. The van der Waals surface area contributed by atoms with Crippen LogP contribution in [0.15, 0.2) is 60.7 Å². The highest BCUT2D eigenvalue weighted by Gasteiger charge is 2.42. The second-order valence-electron chi connectivity index (χ2n) is 9.53. The van der Waals surface area contributed by atoms with E-state index in [0.717, 1.165) is 59.4 Å². The van der Waals surface area contributed by atoms with Crippen molar-refractivity contribution < 1.29 is 14.6 Å². The third-order valence-corrected chi connectivity index (χ3v) is 6.78. The number of amides is 1. The van der Waals surface area contributed by atoms with Crippen molar-refractivity contribution >= 4 is 11.6 Å². The molecule has 0 spiro atoms. The number of aryl methyl sites for hydroxylation is 2. The summed E-state index contributed by atoms with van der Waals surface area (Å²) >= 11 is 0. The van der Waals surface area contributed by atoms with Crippen molar-refractivity contribution in [2.45, 2.75) is 64.7 Å². The Morgan fingerprint density at radius 2 is 1.61 bits per heavy atom. The monoisotopic (exact) mass is 443 g/mol. The van der Waals surface area contributed by atoms with Crippen LogP contribution in [0.2, 0.25) is 0 Å². The minimum absolute atomic E-state index is 0.0683. The number of anilines is 1. The molecule has 0 saturated heterocycles. The molecule has 0 bridgehead atoms. The van der Waals surface area contributed by atoms with Gasteiger partial charge in [0.25, 0.3) is 0 Å². The summed E-state index contributed by atoms with van der Waals surface area (Å²) in [5, 5.41) is 13.3. The van der Waals surface area contributed by atoms with Gasteiger partial charge in [-0.25, -0.2) is 0 Å². The minimum Gasteiger partial charge on any atom is -0.508 e. The Balaban J connectivity index is 1.57. The van der Waals surface area contributed by atoms with Crippen molar-refractivity contribution in [1.29, 1.82) is 0 Å². The molecule has 4 rings (SSSR count). The normalized spacial score (nSPS) is 14.9. The Morgan fingerprint density at radius 3 is 2.21 bits per heavy atom. The highest BCUT2D eigenvalue weighted by Crippen LogP contribution is 2.42. The molecule has 0 unspecified atom stereocenters. The van der Waals surface area contributed by atoms with Gasteiger partial charge in [0, 0.05) is 11.3 Å². The Hall–Kier alpha value is -3.27. The number of benzene rings is 3. The maximum absolute atomic E-state index is 13.5. The molecule has 2 N–H and O–H groups in total. The summed E-state index contributed by atoms with van der Waals surface area (Å²) in [6, 6.07) is 19.4. The van der Waals surface area contributed by atoms with E-state index in [1.807, 2.05) is 64.1 Å². The molecule has 4 nitrogen and oxygen atoms in total. The van der Waals surface area contributed by atoms with Crippen LogP contribution in [0.25, 0.3) is 0 Å². The van der Waals surface area contributed by atoms with Gasteiger partial charge in [0.15, 0.2) is 0 Å². The van der Waals surface area contributed by atoms with E-state index in [1.54, 1.807) is 12.1 Å². The quantitative estimate of drug-likeness (QED) is 0.418. The summed E-state index contributed by atoms with van der Waals surface area (Å²) in [4.78, 5) is 13.5. The fraction of sp³-hybridized carbons (Fsp3) is 0.345. The molecule has 1 saturated carbocycles. The second kappa shape index (κ2) is 9.30. The van der Waals surface area contributed by atoms with E-state index in [-0.39, 0.29) is 17.6 Å². The highest BCUT2D eigenvalue weighted by atomic mass is 16.5. The van der Waals surface area contributed by atoms with E-state index < -0.39 is 5.41 Å². The van der Waals surface area contributed by atoms with Crippen LogP contribution in [-0.4, -0.2) is 11.0 Å². The molecular formula is C29H33NO3. The van der Waals surface area contributed by atoms with Gasteiger partial charge in [0.05, 0.1) is 5.41 Å². The Kier molecular flexibility index (Phi) is 6.46. The number of carbonyl (C=O) groups excluding carboxylic acids is 1. The molecule has 33 heavy (non-hydrogen) atoms. The molecule has 0 atom stereocenters. The Morgan fingerprint density at radius 1 is 0.970 bits per heavy atom. The second-order valence-corrected chi connectivity index (χ2v) is 9.53. The molecule has 0 aromatic heterocycles. The first-order valence-electron chi connectivity index (χ1n) is 11.8. The Labute approximate surface area is 196 Å². The molecule has 3 aromatic carbocycles. The third-order valence-electron chi connectivity index (χ3n) is 6.78. The van der Waals surface area contributed by atoms with Crippen molar-refractivity contribution in [3.05, 3.63) is 82.9 Å². The Bertz CT molecular complexity index is 1120. The van der Waals surface area contributed by atoms with Crippen LogP contribution in [0.4, 0.5) is 5.69 Å². The standard InChI is InChI=1S/C29H33NO3/c1-19(2)25-18-24(12-13-26(25)31)33-27-20(3)16-23(17-21(27)4)30-28(32)29(14-8-9-15-29)22-10-6-5-7-11-22/h5-7,10-13,16-19,31H,8-9,14-15H2,1-4H3,(H,30,32). The van der Waals surface area contributed by atoms with Crippen molar-refractivity contribution in [1.82, 2.24) is 0 Å². The lowest BCUT2D eigenvalue weighted by Crippen LogP contribution is -2.38. The van der Waals surface area contributed by atoms with E-state index in [2.05, 4.69) is 17.4 Å².